The summed E-state index contributed by atoms with van der Waals surface area (Å²) in [6.07, 6.45) is 0. The fraction of sp³-hybridized carbons (Fsp3) is 0.375. The molecule has 0 aliphatic carbocycles. The first-order chi connectivity index (χ1) is 10.8. The average Bonchev–Trinajstić information content (AvgIpc) is 2.78. The molecule has 124 valence electrons. The quantitative estimate of drug-likeness (QED) is 0.921. The van der Waals surface area contributed by atoms with Crippen LogP contribution in [0.1, 0.15) is 24.2 Å². The van der Waals surface area contributed by atoms with Crippen molar-refractivity contribution in [3.63, 3.8) is 0 Å². The first-order valence-electron chi connectivity index (χ1n) is 7.23. The van der Waals surface area contributed by atoms with Gasteiger partial charge in [-0.25, -0.2) is 8.78 Å². The number of nitrogens with zero attached hydrogens (tertiary/aromatic N) is 3. The SMILES string of the molecule is Cc1cc(NC(=O)CN(C)C(C)c2ccc(F)c(F)c2)n(C)n1. The lowest BCUT2D eigenvalue weighted by atomic mass is 10.1. The Hall–Kier alpha value is -2.28. The topological polar surface area (TPSA) is 50.2 Å². The molecule has 0 bridgehead atoms. The van der Waals surface area contributed by atoms with E-state index in [2.05, 4.69) is 10.4 Å². The van der Waals surface area contributed by atoms with Crippen LogP contribution >= 0.6 is 0 Å². The van der Waals surface area contributed by atoms with Gasteiger partial charge in [-0.05, 0) is 38.6 Å². The Labute approximate surface area is 133 Å². The van der Waals surface area contributed by atoms with Crippen LogP contribution in [0.4, 0.5) is 14.6 Å². The molecule has 23 heavy (non-hydrogen) atoms. The van der Waals surface area contributed by atoms with Gasteiger partial charge < -0.3 is 5.32 Å². The molecule has 5 nitrogen and oxygen atoms in total. The van der Waals surface area contributed by atoms with E-state index in [0.717, 1.165) is 17.8 Å². The number of nitrogens with one attached hydrogen (secondary N) is 1. The number of aryl methyl sites for hydroxylation is 2. The Morgan fingerprint density at radius 1 is 1.35 bits per heavy atom. The Morgan fingerprint density at radius 3 is 2.61 bits per heavy atom. The number of hydrogen-bond acceptors (Lipinski definition) is 3. The van der Waals surface area contributed by atoms with E-state index in [4.69, 9.17) is 0 Å². The van der Waals surface area contributed by atoms with Crippen molar-refractivity contribution in [2.75, 3.05) is 18.9 Å². The molecule has 1 amide bonds. The highest BCUT2D eigenvalue weighted by atomic mass is 19.2. The Balaban J connectivity index is 1.99. The molecule has 0 saturated heterocycles. The van der Waals surface area contributed by atoms with E-state index in [9.17, 15) is 13.6 Å². The van der Waals surface area contributed by atoms with E-state index in [-0.39, 0.29) is 18.5 Å². The lowest BCUT2D eigenvalue weighted by Gasteiger charge is -2.24. The monoisotopic (exact) mass is 322 g/mol. The number of likely N-dealkylation sites (N-methyl/N-ethyl adjacent to an activating group) is 1. The molecular weight excluding hydrogens is 302 g/mol. The second-order valence-electron chi connectivity index (χ2n) is 5.61. The number of aromatic nitrogens is 2. The van der Waals surface area contributed by atoms with E-state index >= 15 is 0 Å². The Bertz CT molecular complexity index is 714. The fourth-order valence-corrected chi connectivity index (χ4v) is 2.30. The van der Waals surface area contributed by atoms with Crippen LogP contribution in [-0.4, -0.2) is 34.2 Å². The zero-order valence-corrected chi connectivity index (χ0v) is 13.6. The van der Waals surface area contributed by atoms with Crippen molar-refractivity contribution in [3.05, 3.63) is 47.2 Å². The summed E-state index contributed by atoms with van der Waals surface area (Å²) in [4.78, 5) is 13.9. The largest absolute Gasteiger partial charge is 0.310 e. The summed E-state index contributed by atoms with van der Waals surface area (Å²) in [6.45, 7) is 3.78. The molecule has 1 N–H and O–H groups in total. The number of rotatable bonds is 5. The van der Waals surface area contributed by atoms with Gasteiger partial charge in [-0.3, -0.25) is 14.4 Å². The molecule has 1 aromatic carbocycles. The summed E-state index contributed by atoms with van der Waals surface area (Å²) in [6, 6.07) is 5.30. The van der Waals surface area contributed by atoms with Gasteiger partial charge in [-0.2, -0.15) is 5.10 Å². The summed E-state index contributed by atoms with van der Waals surface area (Å²) in [5, 5.41) is 6.93. The zero-order chi connectivity index (χ0) is 17.1. The maximum Gasteiger partial charge on any atom is 0.239 e. The molecule has 0 saturated carbocycles. The highest BCUT2D eigenvalue weighted by molar-refractivity contribution is 5.91. The number of carbonyl (C=O) groups excluding carboxylic acids is 1. The lowest BCUT2D eigenvalue weighted by molar-refractivity contribution is -0.117. The molecule has 0 spiro atoms. The van der Waals surface area contributed by atoms with E-state index < -0.39 is 11.6 Å². The summed E-state index contributed by atoms with van der Waals surface area (Å²) in [5.74, 6) is -1.36. The van der Waals surface area contributed by atoms with E-state index in [0.29, 0.717) is 11.4 Å². The standard InChI is InChI=1S/C16H20F2N4O/c1-10-7-15(22(4)20-10)19-16(23)9-21(3)11(2)12-5-6-13(17)14(18)8-12/h5-8,11H,9H2,1-4H3,(H,19,23). The predicted octanol–water partition coefficient (Wildman–Crippen LogP) is 2.64. The van der Waals surface area contributed by atoms with E-state index in [1.165, 1.54) is 6.07 Å². The van der Waals surface area contributed by atoms with Crippen LogP contribution in [0.5, 0.6) is 0 Å². The minimum Gasteiger partial charge on any atom is -0.310 e. The lowest BCUT2D eigenvalue weighted by Crippen LogP contribution is -2.32. The maximum atomic E-state index is 13.3. The third-order valence-corrected chi connectivity index (χ3v) is 3.75. The summed E-state index contributed by atoms with van der Waals surface area (Å²) >= 11 is 0. The molecule has 0 aliphatic rings. The number of halogens is 2. The predicted molar refractivity (Wildman–Crippen MR) is 84.0 cm³/mol. The van der Waals surface area contributed by atoms with Crippen LogP contribution in [0.25, 0.3) is 0 Å². The molecule has 1 unspecified atom stereocenters. The van der Waals surface area contributed by atoms with Crippen molar-refractivity contribution in [1.82, 2.24) is 14.7 Å². The molecule has 0 fully saturated rings. The van der Waals surface area contributed by atoms with Crippen LogP contribution in [0.3, 0.4) is 0 Å². The van der Waals surface area contributed by atoms with Crippen LogP contribution in [-0.2, 0) is 11.8 Å². The Morgan fingerprint density at radius 2 is 2.04 bits per heavy atom. The van der Waals surface area contributed by atoms with Gasteiger partial charge in [-0.1, -0.05) is 6.07 Å². The van der Waals surface area contributed by atoms with Gasteiger partial charge in [0.05, 0.1) is 12.2 Å². The highest BCUT2D eigenvalue weighted by Gasteiger charge is 2.17. The van der Waals surface area contributed by atoms with E-state index in [1.54, 1.807) is 29.7 Å². The number of anilines is 1. The molecular formula is C16H20F2N4O. The van der Waals surface area contributed by atoms with Crippen LogP contribution in [0.2, 0.25) is 0 Å². The molecule has 1 atom stereocenters. The third-order valence-electron chi connectivity index (χ3n) is 3.75. The number of benzene rings is 1. The van der Waals surface area contributed by atoms with Crippen LogP contribution in [0, 0.1) is 18.6 Å². The Kier molecular flexibility index (Phi) is 5.10. The second kappa shape index (κ2) is 6.87. The van der Waals surface area contributed by atoms with Crippen molar-refractivity contribution in [3.8, 4) is 0 Å². The first-order valence-corrected chi connectivity index (χ1v) is 7.23. The van der Waals surface area contributed by atoms with Gasteiger partial charge in [0.1, 0.15) is 5.82 Å². The number of hydrogen-bond donors (Lipinski definition) is 1. The van der Waals surface area contributed by atoms with Crippen molar-refractivity contribution in [2.45, 2.75) is 19.9 Å². The minimum absolute atomic E-state index is 0.115. The van der Waals surface area contributed by atoms with Gasteiger partial charge >= 0.3 is 0 Å². The van der Waals surface area contributed by atoms with Crippen LogP contribution < -0.4 is 5.32 Å². The van der Waals surface area contributed by atoms with Gasteiger partial charge in [0.15, 0.2) is 11.6 Å². The van der Waals surface area contributed by atoms with Crippen molar-refractivity contribution < 1.29 is 13.6 Å². The van der Waals surface area contributed by atoms with Crippen molar-refractivity contribution >= 4 is 11.7 Å². The zero-order valence-electron chi connectivity index (χ0n) is 13.6. The summed E-state index contributed by atoms with van der Waals surface area (Å²) < 4.78 is 27.9. The van der Waals surface area contributed by atoms with Gasteiger partial charge in [0.25, 0.3) is 0 Å². The maximum absolute atomic E-state index is 13.3. The smallest absolute Gasteiger partial charge is 0.239 e. The summed E-state index contributed by atoms with van der Waals surface area (Å²) in [7, 11) is 3.50. The second-order valence-corrected chi connectivity index (χ2v) is 5.61. The van der Waals surface area contributed by atoms with Gasteiger partial charge in [-0.15, -0.1) is 0 Å². The molecule has 1 heterocycles. The molecule has 2 rings (SSSR count). The average molecular weight is 322 g/mol. The molecule has 0 aliphatic heterocycles. The minimum atomic E-state index is -0.891. The molecule has 1 aromatic heterocycles. The van der Waals surface area contributed by atoms with Crippen LogP contribution in [0.15, 0.2) is 24.3 Å². The number of amides is 1. The van der Waals surface area contributed by atoms with Gasteiger partial charge in [0, 0.05) is 19.2 Å². The van der Waals surface area contributed by atoms with Crippen molar-refractivity contribution in [1.29, 1.82) is 0 Å². The van der Waals surface area contributed by atoms with E-state index in [1.807, 2.05) is 13.8 Å². The normalized spacial score (nSPS) is 12.5. The molecule has 7 heteroatoms. The highest BCUT2D eigenvalue weighted by Crippen LogP contribution is 2.20. The number of carbonyl (C=O) groups is 1. The third kappa shape index (κ3) is 4.13. The first kappa shape index (κ1) is 17.1. The van der Waals surface area contributed by atoms with Crippen molar-refractivity contribution in [2.24, 2.45) is 7.05 Å². The van der Waals surface area contributed by atoms with Gasteiger partial charge in [0.2, 0.25) is 5.91 Å². The molecule has 2 aromatic rings. The summed E-state index contributed by atoms with van der Waals surface area (Å²) in [5.41, 5.74) is 1.42. The fourth-order valence-electron chi connectivity index (χ4n) is 2.30. The molecule has 0 radical (unpaired) electrons.